The summed E-state index contributed by atoms with van der Waals surface area (Å²) in [4.78, 5) is 7.03. The molecule has 0 saturated heterocycles. The molecule has 8 heteroatoms. The lowest BCUT2D eigenvalue weighted by Crippen LogP contribution is -2.05. The summed E-state index contributed by atoms with van der Waals surface area (Å²) in [6.07, 6.45) is 1.65. The van der Waals surface area contributed by atoms with Gasteiger partial charge in [0.25, 0.3) is 0 Å². The molecular formula is C11H7Cl2N3OS2. The van der Waals surface area contributed by atoms with E-state index in [4.69, 9.17) is 23.2 Å². The highest BCUT2D eigenvalue weighted by Crippen LogP contribution is 2.34. The molecule has 0 bridgehead atoms. The summed E-state index contributed by atoms with van der Waals surface area (Å²) in [6.45, 7) is 0. The van der Waals surface area contributed by atoms with Crippen molar-refractivity contribution >= 4 is 62.1 Å². The lowest BCUT2D eigenvalue weighted by molar-refractivity contribution is 0.684. The second-order valence-electron chi connectivity index (χ2n) is 3.68. The molecule has 0 aliphatic heterocycles. The lowest BCUT2D eigenvalue weighted by Gasteiger charge is -2.06. The summed E-state index contributed by atoms with van der Waals surface area (Å²) in [7, 11) is -1.41. The second kappa shape index (κ2) is 5.13. The van der Waals surface area contributed by atoms with Crippen molar-refractivity contribution in [1.82, 2.24) is 9.97 Å². The molecule has 98 valence electrons. The van der Waals surface area contributed by atoms with Crippen molar-refractivity contribution in [2.45, 2.75) is 5.03 Å². The van der Waals surface area contributed by atoms with Gasteiger partial charge in [-0.05, 0) is 12.1 Å². The molecule has 1 unspecified atom stereocenters. The van der Waals surface area contributed by atoms with Gasteiger partial charge in [-0.2, -0.15) is 0 Å². The van der Waals surface area contributed by atoms with Crippen molar-refractivity contribution in [2.24, 2.45) is 0 Å². The Labute approximate surface area is 125 Å². The zero-order chi connectivity index (χ0) is 13.4. The van der Waals surface area contributed by atoms with Crippen molar-refractivity contribution in [3.05, 3.63) is 39.3 Å². The minimum atomic E-state index is -1.41. The van der Waals surface area contributed by atoms with E-state index in [1.165, 1.54) is 11.3 Å². The first-order chi connectivity index (χ1) is 9.16. The number of anilines is 1. The van der Waals surface area contributed by atoms with Gasteiger partial charge in [0.2, 0.25) is 0 Å². The fourth-order valence-corrected chi connectivity index (χ4v) is 3.88. The minimum Gasteiger partial charge on any atom is -0.358 e. The maximum atomic E-state index is 12.1. The van der Waals surface area contributed by atoms with Crippen molar-refractivity contribution in [3.8, 4) is 0 Å². The zero-order valence-electron chi connectivity index (χ0n) is 9.31. The maximum absolute atomic E-state index is 12.1. The summed E-state index contributed by atoms with van der Waals surface area (Å²) >= 11 is 13.5. The largest absolute Gasteiger partial charge is 0.358 e. The van der Waals surface area contributed by atoms with E-state index in [1.807, 2.05) is 0 Å². The van der Waals surface area contributed by atoms with E-state index in [-0.39, 0.29) is 0 Å². The number of fused-ring (bicyclic) bond motifs is 1. The Morgan fingerprint density at radius 1 is 1.32 bits per heavy atom. The molecule has 2 heterocycles. The SMILES string of the molecule is O=S(Nc1ccc(Cl)c2c(Cl)c[nH]c12)c1cscn1. The molecule has 0 spiro atoms. The second-order valence-corrected chi connectivity index (χ2v) is 6.37. The number of hydrogen-bond donors (Lipinski definition) is 2. The molecule has 0 fully saturated rings. The van der Waals surface area contributed by atoms with E-state index < -0.39 is 11.0 Å². The lowest BCUT2D eigenvalue weighted by atomic mass is 10.2. The highest BCUT2D eigenvalue weighted by Gasteiger charge is 2.13. The van der Waals surface area contributed by atoms with Crippen molar-refractivity contribution in [2.75, 3.05) is 4.72 Å². The van der Waals surface area contributed by atoms with Gasteiger partial charge >= 0.3 is 0 Å². The molecular weight excluding hydrogens is 325 g/mol. The van der Waals surface area contributed by atoms with Gasteiger partial charge in [-0.25, -0.2) is 9.19 Å². The normalized spacial score (nSPS) is 12.7. The van der Waals surface area contributed by atoms with Crippen LogP contribution in [0.1, 0.15) is 0 Å². The van der Waals surface area contributed by atoms with E-state index >= 15 is 0 Å². The number of aromatic nitrogens is 2. The molecule has 1 aromatic carbocycles. The Hall–Kier alpha value is -1.08. The molecule has 2 N–H and O–H groups in total. The summed E-state index contributed by atoms with van der Waals surface area (Å²) in [6, 6.07) is 3.46. The molecule has 3 rings (SSSR count). The third kappa shape index (κ3) is 2.36. The highest BCUT2D eigenvalue weighted by atomic mass is 35.5. The van der Waals surface area contributed by atoms with Crippen LogP contribution < -0.4 is 4.72 Å². The number of halogens is 2. The van der Waals surface area contributed by atoms with E-state index in [9.17, 15) is 4.21 Å². The van der Waals surface area contributed by atoms with Gasteiger partial charge in [0.05, 0.1) is 26.8 Å². The zero-order valence-corrected chi connectivity index (χ0v) is 12.5. The first-order valence-corrected chi connectivity index (χ1v) is 8.03. The Kier molecular flexibility index (Phi) is 3.49. The fourth-order valence-electron chi connectivity index (χ4n) is 1.70. The standard InChI is InChI=1S/C11H7Cl2N3OS2/c12-6-1-2-8(11-10(6)7(13)3-14-11)16-19(17)9-4-18-5-15-9/h1-5,14,16H. The van der Waals surface area contributed by atoms with Crippen molar-refractivity contribution in [3.63, 3.8) is 0 Å². The molecule has 3 aromatic rings. The van der Waals surface area contributed by atoms with Crippen LogP contribution in [-0.2, 0) is 11.0 Å². The molecule has 2 aromatic heterocycles. The first kappa shape index (κ1) is 12.9. The summed E-state index contributed by atoms with van der Waals surface area (Å²) in [5.41, 5.74) is 3.02. The first-order valence-electron chi connectivity index (χ1n) is 5.18. The monoisotopic (exact) mass is 331 g/mol. The molecule has 0 radical (unpaired) electrons. The summed E-state index contributed by atoms with van der Waals surface area (Å²) < 4.78 is 15.0. The van der Waals surface area contributed by atoms with Crippen LogP contribution in [0.5, 0.6) is 0 Å². The fraction of sp³-hybridized carbons (Fsp3) is 0. The number of nitrogens with one attached hydrogen (secondary N) is 2. The van der Waals surface area contributed by atoms with Crippen LogP contribution in [0.25, 0.3) is 10.9 Å². The average Bonchev–Trinajstić information content (AvgIpc) is 3.02. The number of thiazole rings is 1. The predicted molar refractivity (Wildman–Crippen MR) is 80.5 cm³/mol. The van der Waals surface area contributed by atoms with Crippen LogP contribution in [0.3, 0.4) is 0 Å². The average molecular weight is 332 g/mol. The van der Waals surface area contributed by atoms with Crippen LogP contribution >= 0.6 is 34.5 Å². The summed E-state index contributed by atoms with van der Waals surface area (Å²) in [5, 5.41) is 4.02. The van der Waals surface area contributed by atoms with Gasteiger partial charge in [0.1, 0.15) is 0 Å². The van der Waals surface area contributed by atoms with E-state index in [2.05, 4.69) is 14.7 Å². The van der Waals surface area contributed by atoms with Gasteiger partial charge in [-0.3, -0.25) is 4.72 Å². The van der Waals surface area contributed by atoms with Crippen LogP contribution in [0, 0.1) is 0 Å². The third-order valence-corrected chi connectivity index (χ3v) is 4.90. The van der Waals surface area contributed by atoms with E-state index in [1.54, 1.807) is 29.2 Å². The van der Waals surface area contributed by atoms with Gasteiger partial charge in [-0.15, -0.1) is 11.3 Å². The van der Waals surface area contributed by atoms with Crippen LogP contribution in [0.15, 0.2) is 34.2 Å². The minimum absolute atomic E-state index is 0.491. The van der Waals surface area contributed by atoms with Gasteiger partial charge < -0.3 is 4.98 Å². The number of aromatic amines is 1. The van der Waals surface area contributed by atoms with E-state index in [0.717, 1.165) is 5.52 Å². The Morgan fingerprint density at radius 3 is 2.89 bits per heavy atom. The topological polar surface area (TPSA) is 57.8 Å². The Bertz CT molecular complexity index is 755. The Morgan fingerprint density at radius 2 is 2.16 bits per heavy atom. The third-order valence-electron chi connectivity index (χ3n) is 2.54. The Balaban J connectivity index is 2.02. The highest BCUT2D eigenvalue weighted by molar-refractivity contribution is 7.86. The number of benzene rings is 1. The summed E-state index contributed by atoms with van der Waals surface area (Å²) in [5.74, 6) is 0. The maximum Gasteiger partial charge on any atom is 0.170 e. The van der Waals surface area contributed by atoms with Crippen LogP contribution in [-0.4, -0.2) is 14.2 Å². The molecule has 0 saturated carbocycles. The number of hydrogen-bond acceptors (Lipinski definition) is 3. The molecule has 0 aliphatic rings. The number of nitrogens with zero attached hydrogens (tertiary/aromatic N) is 1. The predicted octanol–water partition coefficient (Wildman–Crippen LogP) is 4.07. The molecule has 0 amide bonds. The van der Waals surface area contributed by atoms with E-state index in [0.29, 0.717) is 26.1 Å². The van der Waals surface area contributed by atoms with Crippen LogP contribution in [0.2, 0.25) is 10.0 Å². The molecule has 1 atom stereocenters. The quantitative estimate of drug-likeness (QED) is 0.760. The number of rotatable bonds is 3. The van der Waals surface area contributed by atoms with Gasteiger partial charge in [0.15, 0.2) is 16.0 Å². The molecule has 19 heavy (non-hydrogen) atoms. The van der Waals surface area contributed by atoms with Crippen LogP contribution in [0.4, 0.5) is 5.69 Å². The van der Waals surface area contributed by atoms with Crippen molar-refractivity contribution in [1.29, 1.82) is 0 Å². The number of H-pyrrole nitrogens is 1. The van der Waals surface area contributed by atoms with Crippen molar-refractivity contribution < 1.29 is 4.21 Å². The molecule has 0 aliphatic carbocycles. The van der Waals surface area contributed by atoms with Gasteiger partial charge in [0, 0.05) is 17.0 Å². The molecule has 4 nitrogen and oxygen atoms in total. The smallest absolute Gasteiger partial charge is 0.170 e. The van der Waals surface area contributed by atoms with Gasteiger partial charge in [-0.1, -0.05) is 23.2 Å².